The Labute approximate surface area is 121 Å². The highest BCUT2D eigenvalue weighted by Crippen LogP contribution is 2.28. The molecular weight excluding hydrogens is 254 g/mol. The van der Waals surface area contributed by atoms with E-state index in [2.05, 4.69) is 15.2 Å². The molecular formula is C15H27N3O2. The molecule has 0 radical (unpaired) electrons. The van der Waals surface area contributed by atoms with E-state index in [1.54, 1.807) is 7.05 Å². The Morgan fingerprint density at radius 3 is 2.60 bits per heavy atom. The highest BCUT2D eigenvalue weighted by Gasteiger charge is 2.33. The van der Waals surface area contributed by atoms with Crippen LogP contribution in [0.3, 0.4) is 0 Å². The molecule has 114 valence electrons. The fourth-order valence-corrected chi connectivity index (χ4v) is 2.42. The van der Waals surface area contributed by atoms with Crippen molar-refractivity contribution in [3.05, 3.63) is 0 Å². The van der Waals surface area contributed by atoms with Gasteiger partial charge in [0.15, 0.2) is 5.96 Å². The number of hydrogen-bond acceptors (Lipinski definition) is 3. The lowest BCUT2D eigenvalue weighted by Gasteiger charge is -2.23. The largest absolute Gasteiger partial charge is 0.460 e. The molecule has 1 saturated carbocycles. The molecule has 1 N–H and O–H groups in total. The van der Waals surface area contributed by atoms with Crippen LogP contribution in [-0.4, -0.2) is 49.1 Å². The molecule has 0 amide bonds. The molecule has 2 aliphatic rings. The van der Waals surface area contributed by atoms with Crippen LogP contribution < -0.4 is 5.32 Å². The van der Waals surface area contributed by atoms with Crippen molar-refractivity contribution < 1.29 is 9.53 Å². The van der Waals surface area contributed by atoms with Gasteiger partial charge in [-0.15, -0.1) is 0 Å². The molecule has 5 nitrogen and oxygen atoms in total. The lowest BCUT2D eigenvalue weighted by Crippen LogP contribution is -2.41. The van der Waals surface area contributed by atoms with E-state index in [1.165, 1.54) is 12.8 Å². The number of hydrogen-bond donors (Lipinski definition) is 1. The van der Waals surface area contributed by atoms with Crippen LogP contribution in [0.15, 0.2) is 4.99 Å². The topological polar surface area (TPSA) is 53.9 Å². The third kappa shape index (κ3) is 4.39. The Hall–Kier alpha value is -1.26. The zero-order chi connectivity index (χ0) is 14.8. The van der Waals surface area contributed by atoms with Crippen molar-refractivity contribution in [3.8, 4) is 0 Å². The molecule has 20 heavy (non-hydrogen) atoms. The van der Waals surface area contributed by atoms with Gasteiger partial charge in [-0.25, -0.2) is 0 Å². The minimum atomic E-state index is -0.406. The van der Waals surface area contributed by atoms with Gasteiger partial charge >= 0.3 is 5.97 Å². The van der Waals surface area contributed by atoms with Crippen molar-refractivity contribution in [3.63, 3.8) is 0 Å². The summed E-state index contributed by atoms with van der Waals surface area (Å²) >= 11 is 0. The summed E-state index contributed by atoms with van der Waals surface area (Å²) < 4.78 is 5.47. The van der Waals surface area contributed by atoms with E-state index in [0.717, 1.165) is 31.4 Å². The van der Waals surface area contributed by atoms with Crippen LogP contribution >= 0.6 is 0 Å². The second-order valence-electron chi connectivity index (χ2n) is 6.84. The standard InChI is InChI=1S/C15H27N3O2/c1-15(2,3)20-13(19)12-7-8-18(10-12)14(16-4)17-9-11-5-6-11/h11-12H,5-10H2,1-4H3,(H,16,17). The Kier molecular flexibility index (Phi) is 4.55. The van der Waals surface area contributed by atoms with E-state index in [1.807, 2.05) is 20.8 Å². The first-order valence-electron chi connectivity index (χ1n) is 7.57. The molecule has 0 bridgehead atoms. The quantitative estimate of drug-likeness (QED) is 0.485. The van der Waals surface area contributed by atoms with Gasteiger partial charge in [0.1, 0.15) is 5.60 Å². The number of nitrogens with one attached hydrogen (secondary N) is 1. The number of rotatable bonds is 3. The van der Waals surface area contributed by atoms with Crippen molar-refractivity contribution >= 4 is 11.9 Å². The molecule has 1 atom stereocenters. The second-order valence-corrected chi connectivity index (χ2v) is 6.84. The summed E-state index contributed by atoms with van der Waals surface area (Å²) in [5.41, 5.74) is -0.406. The lowest BCUT2D eigenvalue weighted by atomic mass is 10.1. The molecule has 1 aliphatic carbocycles. The highest BCUT2D eigenvalue weighted by molar-refractivity contribution is 5.82. The summed E-state index contributed by atoms with van der Waals surface area (Å²) in [5, 5.41) is 3.40. The number of carbonyl (C=O) groups is 1. The molecule has 1 aliphatic heterocycles. The Morgan fingerprint density at radius 2 is 2.05 bits per heavy atom. The predicted octanol–water partition coefficient (Wildman–Crippen LogP) is 1.64. The van der Waals surface area contributed by atoms with Crippen LogP contribution in [-0.2, 0) is 9.53 Å². The predicted molar refractivity (Wildman–Crippen MR) is 79.6 cm³/mol. The number of aliphatic imine (C=N–C) groups is 1. The van der Waals surface area contributed by atoms with Gasteiger partial charge in [0.2, 0.25) is 0 Å². The van der Waals surface area contributed by atoms with E-state index in [4.69, 9.17) is 4.74 Å². The van der Waals surface area contributed by atoms with E-state index in [-0.39, 0.29) is 11.9 Å². The SMILES string of the molecule is CN=C(NCC1CC1)N1CCC(C(=O)OC(C)(C)C)C1. The summed E-state index contributed by atoms with van der Waals surface area (Å²) in [6.07, 6.45) is 3.49. The Balaban J connectivity index is 1.82. The van der Waals surface area contributed by atoms with Crippen LogP contribution in [0, 0.1) is 11.8 Å². The summed E-state index contributed by atoms with van der Waals surface area (Å²) in [6.45, 7) is 8.31. The lowest BCUT2D eigenvalue weighted by molar-refractivity contribution is -0.159. The number of likely N-dealkylation sites (tertiary alicyclic amines) is 1. The average molecular weight is 281 g/mol. The van der Waals surface area contributed by atoms with Gasteiger partial charge < -0.3 is 15.0 Å². The minimum Gasteiger partial charge on any atom is -0.460 e. The van der Waals surface area contributed by atoms with Gasteiger partial charge in [-0.3, -0.25) is 9.79 Å². The number of nitrogens with zero attached hydrogens (tertiary/aromatic N) is 2. The summed E-state index contributed by atoms with van der Waals surface area (Å²) in [6, 6.07) is 0. The molecule has 1 heterocycles. The second kappa shape index (κ2) is 6.02. The molecule has 0 spiro atoms. The zero-order valence-electron chi connectivity index (χ0n) is 13.1. The number of guanidine groups is 1. The fourth-order valence-electron chi connectivity index (χ4n) is 2.42. The third-order valence-corrected chi connectivity index (χ3v) is 3.69. The van der Waals surface area contributed by atoms with Crippen molar-refractivity contribution in [1.29, 1.82) is 0 Å². The normalized spacial score (nSPS) is 23.9. The van der Waals surface area contributed by atoms with Crippen LogP contribution in [0.25, 0.3) is 0 Å². The minimum absolute atomic E-state index is 0.0336. The molecule has 2 rings (SSSR count). The van der Waals surface area contributed by atoms with Gasteiger partial charge in [0.25, 0.3) is 0 Å². The molecule has 1 unspecified atom stereocenters. The maximum absolute atomic E-state index is 12.1. The molecule has 0 aromatic carbocycles. The van der Waals surface area contributed by atoms with Gasteiger partial charge in [0, 0.05) is 26.7 Å². The molecule has 1 saturated heterocycles. The molecule has 0 aromatic rings. The van der Waals surface area contributed by atoms with E-state index < -0.39 is 5.60 Å². The van der Waals surface area contributed by atoms with E-state index >= 15 is 0 Å². The first-order valence-corrected chi connectivity index (χ1v) is 7.57. The maximum atomic E-state index is 12.1. The van der Waals surface area contributed by atoms with E-state index in [0.29, 0.717) is 6.54 Å². The summed E-state index contributed by atoms with van der Waals surface area (Å²) in [7, 11) is 1.80. The van der Waals surface area contributed by atoms with E-state index in [9.17, 15) is 4.79 Å². The maximum Gasteiger partial charge on any atom is 0.311 e. The van der Waals surface area contributed by atoms with Crippen LogP contribution in [0.1, 0.15) is 40.0 Å². The number of carbonyl (C=O) groups excluding carboxylic acids is 1. The van der Waals surface area contributed by atoms with Crippen molar-refractivity contribution in [1.82, 2.24) is 10.2 Å². The summed E-state index contributed by atoms with van der Waals surface area (Å²) in [5.74, 6) is 1.62. The van der Waals surface area contributed by atoms with Crippen LogP contribution in [0.5, 0.6) is 0 Å². The summed E-state index contributed by atoms with van der Waals surface area (Å²) in [4.78, 5) is 18.6. The molecule has 2 fully saturated rings. The number of ether oxygens (including phenoxy) is 1. The van der Waals surface area contributed by atoms with Gasteiger partial charge in [-0.1, -0.05) is 0 Å². The van der Waals surface area contributed by atoms with Crippen LogP contribution in [0.4, 0.5) is 0 Å². The van der Waals surface area contributed by atoms with Crippen LogP contribution in [0.2, 0.25) is 0 Å². The monoisotopic (exact) mass is 281 g/mol. The van der Waals surface area contributed by atoms with Crippen molar-refractivity contribution in [2.45, 2.75) is 45.6 Å². The Morgan fingerprint density at radius 1 is 1.35 bits per heavy atom. The smallest absolute Gasteiger partial charge is 0.311 e. The molecule has 5 heteroatoms. The fraction of sp³-hybridized carbons (Fsp3) is 0.867. The van der Waals surface area contributed by atoms with Crippen molar-refractivity contribution in [2.75, 3.05) is 26.7 Å². The van der Waals surface area contributed by atoms with Gasteiger partial charge in [-0.2, -0.15) is 0 Å². The first-order chi connectivity index (χ1) is 9.39. The average Bonchev–Trinajstić information content (AvgIpc) is 3.03. The highest BCUT2D eigenvalue weighted by atomic mass is 16.6. The van der Waals surface area contributed by atoms with Gasteiger partial charge in [-0.05, 0) is 46.0 Å². The first kappa shape index (κ1) is 15.1. The zero-order valence-corrected chi connectivity index (χ0v) is 13.1. The molecule has 0 aromatic heterocycles. The van der Waals surface area contributed by atoms with Gasteiger partial charge in [0.05, 0.1) is 5.92 Å². The third-order valence-electron chi connectivity index (χ3n) is 3.69. The van der Waals surface area contributed by atoms with Crippen molar-refractivity contribution in [2.24, 2.45) is 16.8 Å². The Bertz CT molecular complexity index is 383. The number of esters is 1.